The third kappa shape index (κ3) is 4.03. The fraction of sp³-hybridized carbons (Fsp3) is 0.895. The summed E-state index contributed by atoms with van der Waals surface area (Å²) >= 11 is 2.44. The van der Waals surface area contributed by atoms with Crippen molar-refractivity contribution < 1.29 is 4.39 Å². The molecule has 2 aliphatic carbocycles. The molecule has 2 fully saturated rings. The zero-order valence-corrected chi connectivity index (χ0v) is 16.4. The van der Waals surface area contributed by atoms with Gasteiger partial charge in [0, 0.05) is 0 Å². The zero-order valence-electron chi connectivity index (χ0n) is 14.2. The molecule has 0 N–H and O–H groups in total. The Labute approximate surface area is 144 Å². The minimum absolute atomic E-state index is 0.514. The molecule has 4 atom stereocenters. The van der Waals surface area contributed by atoms with Crippen molar-refractivity contribution in [1.82, 2.24) is 0 Å². The van der Waals surface area contributed by atoms with E-state index in [4.69, 9.17) is 0 Å². The predicted octanol–water partition coefficient (Wildman–Crippen LogP) is 7.08. The average Bonchev–Trinajstić information content (AvgIpc) is 2.73. The van der Waals surface area contributed by atoms with Crippen molar-refractivity contribution in [1.29, 1.82) is 0 Å². The van der Waals surface area contributed by atoms with E-state index in [2.05, 4.69) is 40.5 Å². The highest BCUT2D eigenvalue weighted by Gasteiger charge is 2.50. The third-order valence-corrected chi connectivity index (χ3v) is 7.10. The van der Waals surface area contributed by atoms with Crippen LogP contribution < -0.4 is 0 Å². The lowest BCUT2D eigenvalue weighted by Gasteiger charge is -2.44. The molecule has 2 heteroatoms. The first-order valence-corrected chi connectivity index (χ1v) is 10.0. The molecule has 0 aromatic heterocycles. The van der Waals surface area contributed by atoms with Gasteiger partial charge in [0.2, 0.25) is 0 Å². The van der Waals surface area contributed by atoms with E-state index in [9.17, 15) is 4.39 Å². The monoisotopic (exact) mass is 406 g/mol. The molecule has 0 nitrogen and oxygen atoms in total. The first-order chi connectivity index (χ1) is 9.78. The van der Waals surface area contributed by atoms with Crippen molar-refractivity contribution in [3.63, 3.8) is 0 Å². The lowest BCUT2D eigenvalue weighted by molar-refractivity contribution is 0.0906. The number of allylic oxidation sites excluding steroid dienone is 1. The van der Waals surface area contributed by atoms with Gasteiger partial charge >= 0.3 is 0 Å². The molecule has 2 rings (SSSR count). The second-order valence-electron chi connectivity index (χ2n) is 8.37. The van der Waals surface area contributed by atoms with Crippen molar-refractivity contribution >= 4 is 22.6 Å². The predicted molar refractivity (Wildman–Crippen MR) is 98.5 cm³/mol. The fourth-order valence-electron chi connectivity index (χ4n) is 5.19. The highest BCUT2D eigenvalue weighted by molar-refractivity contribution is 14.1. The molecule has 0 saturated heterocycles. The second kappa shape index (κ2) is 6.88. The third-order valence-electron chi connectivity index (χ3n) is 6.30. The van der Waals surface area contributed by atoms with Gasteiger partial charge in [-0.1, -0.05) is 54.9 Å². The Morgan fingerprint density at radius 1 is 1.43 bits per heavy atom. The van der Waals surface area contributed by atoms with Crippen LogP contribution in [0.25, 0.3) is 0 Å². The summed E-state index contributed by atoms with van der Waals surface area (Å²) in [6, 6.07) is 0. The van der Waals surface area contributed by atoms with E-state index in [0.29, 0.717) is 11.8 Å². The molecule has 2 aliphatic rings. The van der Waals surface area contributed by atoms with Crippen molar-refractivity contribution in [3.05, 3.63) is 9.66 Å². The van der Waals surface area contributed by atoms with Crippen molar-refractivity contribution in [3.8, 4) is 0 Å². The van der Waals surface area contributed by atoms with Crippen molar-refractivity contribution in [2.75, 3.05) is 0 Å². The van der Waals surface area contributed by atoms with Crippen LogP contribution in [0.5, 0.6) is 0 Å². The molecule has 122 valence electrons. The Balaban J connectivity index is 1.97. The van der Waals surface area contributed by atoms with Gasteiger partial charge in [-0.2, -0.15) is 0 Å². The molecule has 0 radical (unpaired) electrons. The molecule has 21 heavy (non-hydrogen) atoms. The van der Waals surface area contributed by atoms with E-state index < -0.39 is 5.67 Å². The van der Waals surface area contributed by atoms with Gasteiger partial charge in [-0.05, 0) is 79.6 Å². The average molecular weight is 406 g/mol. The quantitative estimate of drug-likeness (QED) is 0.428. The molecular formula is C19H32FI. The van der Waals surface area contributed by atoms with E-state index in [1.165, 1.54) is 38.5 Å². The highest BCUT2D eigenvalue weighted by atomic mass is 127. The first-order valence-electron chi connectivity index (χ1n) is 8.76. The van der Waals surface area contributed by atoms with Gasteiger partial charge in [0.15, 0.2) is 0 Å². The zero-order chi connectivity index (χ0) is 15.7. The van der Waals surface area contributed by atoms with Gasteiger partial charge in [-0.3, -0.25) is 0 Å². The van der Waals surface area contributed by atoms with Gasteiger partial charge < -0.3 is 0 Å². The minimum Gasteiger partial charge on any atom is -0.245 e. The van der Waals surface area contributed by atoms with Gasteiger partial charge in [0.1, 0.15) is 5.67 Å². The Bertz CT molecular complexity index is 382. The smallest absolute Gasteiger partial charge is 0.105 e. The largest absolute Gasteiger partial charge is 0.245 e. The van der Waals surface area contributed by atoms with E-state index in [0.717, 1.165) is 24.2 Å². The summed E-state index contributed by atoms with van der Waals surface area (Å²) in [6.07, 6.45) is 9.80. The normalized spacial score (nSPS) is 36.8. The van der Waals surface area contributed by atoms with E-state index in [1.54, 1.807) is 19.4 Å². The molecule has 0 spiro atoms. The SMILES string of the molecule is CC(CCCC(C)(C)F)[C@H]1CC[C@H]2/C(=C/I)CCC[C@]12C. The van der Waals surface area contributed by atoms with Crippen LogP contribution in [0.15, 0.2) is 9.66 Å². The fourth-order valence-corrected chi connectivity index (χ4v) is 5.94. The van der Waals surface area contributed by atoms with Crippen LogP contribution in [0.4, 0.5) is 4.39 Å². The molecule has 0 aromatic carbocycles. The minimum atomic E-state index is -0.996. The van der Waals surface area contributed by atoms with Gasteiger partial charge in [-0.25, -0.2) is 4.39 Å². The number of alkyl halides is 1. The molecule has 1 unspecified atom stereocenters. The molecule has 0 aliphatic heterocycles. The summed E-state index contributed by atoms with van der Waals surface area (Å²) in [5.41, 5.74) is 1.23. The lowest BCUT2D eigenvalue weighted by Crippen LogP contribution is -2.36. The molecule has 0 aromatic rings. The van der Waals surface area contributed by atoms with Crippen molar-refractivity contribution in [2.45, 2.75) is 84.7 Å². The Morgan fingerprint density at radius 3 is 2.76 bits per heavy atom. The number of hydrogen-bond donors (Lipinski definition) is 0. The maximum Gasteiger partial charge on any atom is 0.105 e. The Kier molecular flexibility index (Phi) is 5.82. The van der Waals surface area contributed by atoms with Gasteiger partial charge in [0.05, 0.1) is 0 Å². The summed E-state index contributed by atoms with van der Waals surface area (Å²) in [5, 5.41) is 0. The van der Waals surface area contributed by atoms with Crippen LogP contribution in [-0.4, -0.2) is 5.67 Å². The summed E-state index contributed by atoms with van der Waals surface area (Å²) < 4.78 is 16.0. The summed E-state index contributed by atoms with van der Waals surface area (Å²) in [4.78, 5) is 0. The van der Waals surface area contributed by atoms with Crippen LogP contribution in [0, 0.1) is 23.2 Å². The van der Waals surface area contributed by atoms with Gasteiger partial charge in [0.25, 0.3) is 0 Å². The van der Waals surface area contributed by atoms with Crippen LogP contribution in [0.3, 0.4) is 0 Å². The lowest BCUT2D eigenvalue weighted by atomic mass is 9.61. The highest BCUT2D eigenvalue weighted by Crippen LogP contribution is 2.60. The van der Waals surface area contributed by atoms with Crippen molar-refractivity contribution in [2.24, 2.45) is 23.2 Å². The standard InChI is InChI=1S/C19H32FI/c1-14(7-5-11-18(2,3)20)16-9-10-17-15(13-21)8-6-12-19(16,17)4/h13-14,16-17H,5-12H2,1-4H3/b15-13+/t14?,16-,17+,19-/m1/s1. The second-order valence-corrected chi connectivity index (χ2v) is 8.99. The number of rotatable bonds is 5. The topological polar surface area (TPSA) is 0 Å². The number of hydrogen-bond acceptors (Lipinski definition) is 0. The number of fused-ring (bicyclic) bond motifs is 1. The van der Waals surface area contributed by atoms with Gasteiger partial charge in [-0.15, -0.1) is 0 Å². The van der Waals surface area contributed by atoms with E-state index in [-0.39, 0.29) is 0 Å². The maximum absolute atomic E-state index is 13.6. The molecule has 2 saturated carbocycles. The summed E-state index contributed by atoms with van der Waals surface area (Å²) in [5.74, 6) is 2.42. The van der Waals surface area contributed by atoms with Crippen LogP contribution in [-0.2, 0) is 0 Å². The summed E-state index contributed by atoms with van der Waals surface area (Å²) in [6.45, 7) is 8.39. The molecule has 0 amide bonds. The molecular weight excluding hydrogens is 374 g/mol. The van der Waals surface area contributed by atoms with Crippen LogP contribution in [0.2, 0.25) is 0 Å². The maximum atomic E-state index is 13.6. The van der Waals surface area contributed by atoms with E-state index >= 15 is 0 Å². The molecule has 0 heterocycles. The van der Waals surface area contributed by atoms with E-state index in [1.807, 2.05) is 0 Å². The molecule has 0 bridgehead atoms. The number of halogens is 2. The first kappa shape index (κ1) is 17.7. The Morgan fingerprint density at radius 2 is 2.14 bits per heavy atom. The van der Waals surface area contributed by atoms with Crippen LogP contribution in [0.1, 0.15) is 79.1 Å². The Hall–Kier alpha value is 0.400. The van der Waals surface area contributed by atoms with Crippen LogP contribution >= 0.6 is 22.6 Å². The summed E-state index contributed by atoms with van der Waals surface area (Å²) in [7, 11) is 0.